The molecule has 2 heterocycles. The molecule has 102 valence electrons. The van der Waals surface area contributed by atoms with E-state index in [1.54, 1.807) is 11.8 Å². The van der Waals surface area contributed by atoms with Crippen LogP contribution >= 0.6 is 12.6 Å². The van der Waals surface area contributed by atoms with Gasteiger partial charge in [-0.05, 0) is 7.05 Å². The molecule has 2 fully saturated rings. The highest BCUT2D eigenvalue weighted by molar-refractivity contribution is 7.80. The average Bonchev–Trinajstić information content (AvgIpc) is 2.76. The van der Waals surface area contributed by atoms with Gasteiger partial charge in [0.05, 0.1) is 12.0 Å². The maximum atomic E-state index is 11.8. The number of nitrogens with one attached hydrogen (secondary N) is 2. The third kappa shape index (κ3) is 2.48. The molecule has 0 radical (unpaired) electrons. The number of urea groups is 1. The lowest BCUT2D eigenvalue weighted by Crippen LogP contribution is -2.57. The second-order valence-corrected chi connectivity index (χ2v) is 5.16. The zero-order valence-corrected chi connectivity index (χ0v) is 11.4. The number of likely N-dealkylation sites (N-methyl/N-ethyl adjacent to an activating group) is 1. The smallest absolute Gasteiger partial charge is 0.326 e. The normalized spacial score (nSPS) is 36.9. The van der Waals surface area contributed by atoms with Crippen LogP contribution in [0.3, 0.4) is 0 Å². The number of carbonyl (C=O) groups excluding carboxylic acids is 2. The van der Waals surface area contributed by atoms with Gasteiger partial charge in [-0.1, -0.05) is 6.92 Å². The maximum Gasteiger partial charge on any atom is 0.326 e. The topological polar surface area (TPSA) is 70.7 Å². The van der Waals surface area contributed by atoms with Crippen molar-refractivity contribution in [3.8, 4) is 0 Å². The average molecular weight is 273 g/mol. The summed E-state index contributed by atoms with van der Waals surface area (Å²) in [6.07, 6.45) is 0.426. The van der Waals surface area contributed by atoms with Gasteiger partial charge in [-0.25, -0.2) is 4.79 Å². The number of hydrogen-bond donors (Lipinski definition) is 3. The molecule has 0 aromatic rings. The zero-order valence-electron chi connectivity index (χ0n) is 10.5. The summed E-state index contributed by atoms with van der Waals surface area (Å²) in [5.74, 6) is 0.186. The molecule has 18 heavy (non-hydrogen) atoms. The Morgan fingerprint density at radius 3 is 2.83 bits per heavy atom. The molecule has 4 atom stereocenters. The highest BCUT2D eigenvalue weighted by atomic mass is 32.1. The molecule has 0 saturated carbocycles. The molecule has 2 rings (SSSR count). The largest absolute Gasteiger partial charge is 0.352 e. The molecule has 2 aliphatic heterocycles. The van der Waals surface area contributed by atoms with Crippen molar-refractivity contribution in [2.45, 2.75) is 31.7 Å². The number of carbonyl (C=O) groups is 2. The SMILES string of the molecule is CN[C@H]1C[C@H](N2CC(C)C(=O)NC2=O)OC1CS. The summed E-state index contributed by atoms with van der Waals surface area (Å²) in [6.45, 7) is 2.21. The van der Waals surface area contributed by atoms with E-state index in [1.807, 2.05) is 7.05 Å². The van der Waals surface area contributed by atoms with Crippen molar-refractivity contribution >= 4 is 24.6 Å². The van der Waals surface area contributed by atoms with E-state index in [-0.39, 0.29) is 36.2 Å². The van der Waals surface area contributed by atoms with Gasteiger partial charge in [0.1, 0.15) is 6.23 Å². The number of rotatable bonds is 3. The van der Waals surface area contributed by atoms with Crippen molar-refractivity contribution in [3.63, 3.8) is 0 Å². The first-order valence-corrected chi connectivity index (χ1v) is 6.75. The lowest BCUT2D eigenvalue weighted by Gasteiger charge is -2.34. The Balaban J connectivity index is 2.04. The van der Waals surface area contributed by atoms with Crippen LogP contribution in [0.4, 0.5) is 4.79 Å². The van der Waals surface area contributed by atoms with Crippen LogP contribution < -0.4 is 10.6 Å². The summed E-state index contributed by atoms with van der Waals surface area (Å²) < 4.78 is 5.82. The summed E-state index contributed by atoms with van der Waals surface area (Å²) in [7, 11) is 1.87. The molecule has 7 heteroatoms. The molecule has 2 unspecified atom stereocenters. The number of nitrogens with zero attached hydrogens (tertiary/aromatic N) is 1. The lowest BCUT2D eigenvalue weighted by atomic mass is 10.1. The van der Waals surface area contributed by atoms with E-state index in [2.05, 4.69) is 23.3 Å². The van der Waals surface area contributed by atoms with E-state index in [4.69, 9.17) is 4.74 Å². The molecule has 0 aromatic heterocycles. The Hall–Kier alpha value is -0.790. The first-order valence-electron chi connectivity index (χ1n) is 6.11. The fourth-order valence-corrected chi connectivity index (χ4v) is 2.75. The Morgan fingerprint density at radius 2 is 2.28 bits per heavy atom. The third-order valence-corrected chi connectivity index (χ3v) is 3.90. The molecule has 2 saturated heterocycles. The number of amides is 3. The molecule has 0 aromatic carbocycles. The van der Waals surface area contributed by atoms with Gasteiger partial charge in [-0.2, -0.15) is 12.6 Å². The second kappa shape index (κ2) is 5.46. The van der Waals surface area contributed by atoms with Gasteiger partial charge in [0.25, 0.3) is 0 Å². The van der Waals surface area contributed by atoms with E-state index in [0.717, 1.165) is 6.42 Å². The highest BCUT2D eigenvalue weighted by Gasteiger charge is 2.41. The molecule has 0 aliphatic carbocycles. The van der Waals surface area contributed by atoms with Gasteiger partial charge >= 0.3 is 6.03 Å². The van der Waals surface area contributed by atoms with Gasteiger partial charge in [-0.15, -0.1) is 0 Å². The summed E-state index contributed by atoms with van der Waals surface area (Å²) >= 11 is 4.25. The van der Waals surface area contributed by atoms with E-state index in [0.29, 0.717) is 12.3 Å². The van der Waals surface area contributed by atoms with Crippen LogP contribution in [0.5, 0.6) is 0 Å². The van der Waals surface area contributed by atoms with E-state index in [9.17, 15) is 9.59 Å². The fourth-order valence-electron chi connectivity index (χ4n) is 2.41. The van der Waals surface area contributed by atoms with E-state index >= 15 is 0 Å². The van der Waals surface area contributed by atoms with E-state index in [1.165, 1.54) is 0 Å². The minimum atomic E-state index is -0.363. The minimum absolute atomic E-state index is 0.0101. The Bertz CT molecular complexity index is 340. The highest BCUT2D eigenvalue weighted by Crippen LogP contribution is 2.26. The van der Waals surface area contributed by atoms with Gasteiger partial charge in [0, 0.05) is 24.8 Å². The summed E-state index contributed by atoms with van der Waals surface area (Å²) in [6, 6.07) is -0.175. The van der Waals surface area contributed by atoms with Crippen molar-refractivity contribution < 1.29 is 14.3 Å². The van der Waals surface area contributed by atoms with Crippen LogP contribution in [0.15, 0.2) is 0 Å². The van der Waals surface area contributed by atoms with Crippen molar-refractivity contribution in [3.05, 3.63) is 0 Å². The summed E-state index contributed by atoms with van der Waals surface area (Å²) in [5.41, 5.74) is 0. The molecular formula is C11H19N3O3S. The Labute approximate surface area is 112 Å². The lowest BCUT2D eigenvalue weighted by molar-refractivity contribution is -0.127. The number of hydrogen-bond acceptors (Lipinski definition) is 5. The minimum Gasteiger partial charge on any atom is -0.352 e. The van der Waals surface area contributed by atoms with Gasteiger partial charge in [-0.3, -0.25) is 15.0 Å². The monoisotopic (exact) mass is 273 g/mol. The molecule has 0 spiro atoms. The molecule has 6 nitrogen and oxygen atoms in total. The van der Waals surface area contributed by atoms with Crippen molar-refractivity contribution in [1.82, 2.24) is 15.5 Å². The van der Waals surface area contributed by atoms with Crippen LogP contribution in [-0.2, 0) is 9.53 Å². The number of thiol groups is 1. The molecular weight excluding hydrogens is 254 g/mol. The first-order chi connectivity index (χ1) is 8.56. The predicted octanol–water partition coefficient (Wildman–Crippen LogP) is -0.193. The van der Waals surface area contributed by atoms with Crippen LogP contribution in [0.1, 0.15) is 13.3 Å². The third-order valence-electron chi connectivity index (χ3n) is 3.54. The standard InChI is InChI=1S/C11H19N3O3S/c1-6-4-14(11(16)13-10(6)15)9-3-7(12-2)8(5-18)17-9/h6-9,12,18H,3-5H2,1-2H3,(H,13,15,16)/t6?,7-,8?,9+/m0/s1. The predicted molar refractivity (Wildman–Crippen MR) is 69.4 cm³/mol. The van der Waals surface area contributed by atoms with Crippen molar-refractivity contribution in [2.75, 3.05) is 19.3 Å². The maximum absolute atomic E-state index is 11.8. The fraction of sp³-hybridized carbons (Fsp3) is 0.818. The number of ether oxygens (including phenoxy) is 1. The summed E-state index contributed by atoms with van der Waals surface area (Å²) in [4.78, 5) is 24.8. The number of imide groups is 1. The van der Waals surface area contributed by atoms with Crippen molar-refractivity contribution in [2.24, 2.45) is 5.92 Å². The van der Waals surface area contributed by atoms with E-state index < -0.39 is 0 Å². The van der Waals surface area contributed by atoms with Gasteiger partial charge < -0.3 is 10.1 Å². The Morgan fingerprint density at radius 1 is 1.56 bits per heavy atom. The van der Waals surface area contributed by atoms with Crippen LogP contribution in [0.2, 0.25) is 0 Å². The summed E-state index contributed by atoms with van der Waals surface area (Å²) in [5, 5.41) is 5.52. The molecule has 2 aliphatic rings. The zero-order chi connectivity index (χ0) is 13.3. The molecule has 2 N–H and O–H groups in total. The molecule has 0 bridgehead atoms. The van der Waals surface area contributed by atoms with Gasteiger partial charge in [0.2, 0.25) is 5.91 Å². The first kappa shape index (κ1) is 13.6. The Kier molecular flexibility index (Phi) is 4.14. The van der Waals surface area contributed by atoms with Crippen molar-refractivity contribution in [1.29, 1.82) is 0 Å². The van der Waals surface area contributed by atoms with Crippen LogP contribution in [0.25, 0.3) is 0 Å². The van der Waals surface area contributed by atoms with Crippen LogP contribution in [-0.4, -0.2) is 54.6 Å². The quantitative estimate of drug-likeness (QED) is 0.623. The van der Waals surface area contributed by atoms with Crippen LogP contribution in [0, 0.1) is 5.92 Å². The second-order valence-electron chi connectivity index (χ2n) is 4.79. The van der Waals surface area contributed by atoms with Gasteiger partial charge in [0.15, 0.2) is 0 Å². The molecule has 3 amide bonds.